The summed E-state index contributed by atoms with van der Waals surface area (Å²) in [5.41, 5.74) is 0.910. The Morgan fingerprint density at radius 2 is 1.52 bits per heavy atom. The van der Waals surface area contributed by atoms with Crippen LogP contribution in [0.25, 0.3) is 0 Å². The third-order valence-electron chi connectivity index (χ3n) is 7.36. The Kier molecular flexibility index (Phi) is 6.64. The van der Waals surface area contributed by atoms with Gasteiger partial charge >= 0.3 is 0 Å². The van der Waals surface area contributed by atoms with Crippen molar-refractivity contribution in [3.63, 3.8) is 0 Å². The van der Waals surface area contributed by atoms with Crippen LogP contribution in [0.4, 0.5) is 0 Å². The zero-order valence-corrected chi connectivity index (χ0v) is 22.9. The summed E-state index contributed by atoms with van der Waals surface area (Å²) in [5, 5.41) is 0.226. The molecule has 8 heteroatoms. The van der Waals surface area contributed by atoms with Gasteiger partial charge in [0.2, 0.25) is 5.90 Å². The first-order valence-electron chi connectivity index (χ1n) is 11.2. The number of pyridine rings is 1. The van der Waals surface area contributed by atoms with E-state index in [2.05, 4.69) is 72.7 Å². The molecule has 0 aromatic carbocycles. The van der Waals surface area contributed by atoms with Gasteiger partial charge in [-0.1, -0.05) is 41.5 Å². The molecule has 0 spiro atoms. The first-order valence-corrected chi connectivity index (χ1v) is 17.1. The lowest BCUT2D eigenvalue weighted by atomic mass is 10.1. The van der Waals surface area contributed by atoms with E-state index in [1.54, 1.807) is 12.4 Å². The van der Waals surface area contributed by atoms with Gasteiger partial charge in [0.05, 0.1) is 6.61 Å². The summed E-state index contributed by atoms with van der Waals surface area (Å²) in [6, 6.07) is 3.81. The van der Waals surface area contributed by atoms with Crippen LogP contribution >= 0.6 is 0 Å². The van der Waals surface area contributed by atoms with E-state index in [1.807, 2.05) is 12.1 Å². The lowest BCUT2D eigenvalue weighted by Gasteiger charge is -2.41. The van der Waals surface area contributed by atoms with Crippen molar-refractivity contribution in [1.82, 2.24) is 4.98 Å². The lowest BCUT2D eigenvalue weighted by molar-refractivity contribution is -0.0135. The number of hydrogen-bond acceptors (Lipinski definition) is 6. The zero-order chi connectivity index (χ0) is 23.2. The van der Waals surface area contributed by atoms with Crippen LogP contribution < -0.4 is 0 Å². The molecule has 1 fully saturated rings. The minimum absolute atomic E-state index is 0.0866. The molecule has 3 heterocycles. The van der Waals surface area contributed by atoms with E-state index in [4.69, 9.17) is 23.3 Å². The molecule has 0 aliphatic carbocycles. The summed E-state index contributed by atoms with van der Waals surface area (Å²) in [4.78, 5) is 8.83. The fraction of sp³-hybridized carbons (Fsp3) is 0.739. The Morgan fingerprint density at radius 1 is 0.935 bits per heavy atom. The van der Waals surface area contributed by atoms with Crippen molar-refractivity contribution in [3.8, 4) is 0 Å². The second-order valence-electron chi connectivity index (χ2n) is 11.7. The Morgan fingerprint density at radius 3 is 2.06 bits per heavy atom. The normalized spacial score (nSPS) is 27.1. The van der Waals surface area contributed by atoms with Gasteiger partial charge < -0.3 is 18.3 Å². The smallest absolute Gasteiger partial charge is 0.219 e. The molecule has 174 valence electrons. The van der Waals surface area contributed by atoms with Crippen LogP contribution in [0.5, 0.6) is 0 Å². The topological polar surface area (TPSA) is 62.2 Å². The summed E-state index contributed by atoms with van der Waals surface area (Å²) in [6.45, 7) is 23.1. The molecule has 0 bridgehead atoms. The van der Waals surface area contributed by atoms with E-state index in [0.29, 0.717) is 12.5 Å². The highest BCUT2D eigenvalue weighted by Crippen LogP contribution is 2.43. The van der Waals surface area contributed by atoms with E-state index in [0.717, 1.165) is 5.56 Å². The minimum atomic E-state index is -2.05. The number of hydrogen-bond donors (Lipinski definition) is 0. The number of nitrogens with zero attached hydrogens (tertiary/aromatic N) is 2. The van der Waals surface area contributed by atoms with E-state index in [-0.39, 0.29) is 34.6 Å². The third-order valence-corrected chi connectivity index (χ3v) is 16.3. The molecule has 31 heavy (non-hydrogen) atoms. The average molecular weight is 465 g/mol. The van der Waals surface area contributed by atoms with E-state index >= 15 is 0 Å². The van der Waals surface area contributed by atoms with Gasteiger partial charge in [-0.25, -0.2) is 4.99 Å². The van der Waals surface area contributed by atoms with Crippen molar-refractivity contribution >= 4 is 22.5 Å². The van der Waals surface area contributed by atoms with Crippen molar-refractivity contribution in [2.45, 2.75) is 102 Å². The number of ether oxygens (including phenoxy) is 2. The molecule has 2 aliphatic heterocycles. The molecule has 3 rings (SSSR count). The van der Waals surface area contributed by atoms with Gasteiger partial charge in [0, 0.05) is 18.0 Å². The van der Waals surface area contributed by atoms with E-state index in [9.17, 15) is 0 Å². The van der Waals surface area contributed by atoms with Crippen LogP contribution in [0.3, 0.4) is 0 Å². The monoisotopic (exact) mass is 464 g/mol. The van der Waals surface area contributed by atoms with Gasteiger partial charge in [-0.05, 0) is 48.4 Å². The summed E-state index contributed by atoms with van der Waals surface area (Å²) >= 11 is 0. The van der Waals surface area contributed by atoms with Crippen molar-refractivity contribution in [3.05, 3.63) is 30.1 Å². The molecule has 1 saturated heterocycles. The number of aromatic nitrogens is 1. The van der Waals surface area contributed by atoms with E-state index in [1.165, 1.54) is 0 Å². The standard InChI is InChI=1S/C23H40N2O4Si2/c1-22(2,3)30(7,8)26-15-17-18(29-31(9,10)23(4,5)6)19-21(27-17)25-20(28-19)16-11-13-24-14-12-16/h11-14,17-19,21H,15H2,1-10H3/t17-,18-,19+,21-/m1/s1. The van der Waals surface area contributed by atoms with Crippen molar-refractivity contribution in [2.75, 3.05) is 6.61 Å². The van der Waals surface area contributed by atoms with Crippen LogP contribution in [0.15, 0.2) is 29.5 Å². The fourth-order valence-electron chi connectivity index (χ4n) is 3.15. The average Bonchev–Trinajstić information content (AvgIpc) is 3.18. The first-order chi connectivity index (χ1) is 14.1. The molecule has 0 saturated carbocycles. The van der Waals surface area contributed by atoms with Gasteiger partial charge in [-0.15, -0.1) is 0 Å². The van der Waals surface area contributed by atoms with Gasteiger partial charge in [-0.2, -0.15) is 0 Å². The fourth-order valence-corrected chi connectivity index (χ4v) is 5.48. The highest BCUT2D eigenvalue weighted by Gasteiger charge is 2.54. The molecular formula is C23H40N2O4Si2. The predicted octanol–water partition coefficient (Wildman–Crippen LogP) is 5.36. The van der Waals surface area contributed by atoms with Gasteiger partial charge in [0.25, 0.3) is 0 Å². The third kappa shape index (κ3) is 5.13. The van der Waals surface area contributed by atoms with Gasteiger partial charge in [0.15, 0.2) is 29.0 Å². The summed E-state index contributed by atoms with van der Waals surface area (Å²) in [5.74, 6) is 0.602. The second kappa shape index (κ2) is 8.37. The molecule has 2 aliphatic rings. The predicted molar refractivity (Wildman–Crippen MR) is 130 cm³/mol. The Hall–Kier alpha value is -1.07. The lowest BCUT2D eigenvalue weighted by Crippen LogP contribution is -2.51. The largest absolute Gasteiger partial charge is 0.466 e. The SMILES string of the molecule is CC(C)(C)[Si](C)(C)OC[C@H]1O[C@H]2N=C(c3ccncc3)O[C@H]2[C@@H]1O[Si](C)(C)C(C)(C)C. The molecule has 0 N–H and O–H groups in total. The summed E-state index contributed by atoms with van der Waals surface area (Å²) in [6.07, 6.45) is 2.46. The quantitative estimate of drug-likeness (QED) is 0.530. The van der Waals surface area contributed by atoms with E-state index < -0.39 is 16.6 Å². The maximum Gasteiger partial charge on any atom is 0.219 e. The number of aliphatic imine (C=N–C) groups is 1. The molecule has 0 radical (unpaired) electrons. The van der Waals surface area contributed by atoms with Crippen LogP contribution in [0.2, 0.25) is 36.3 Å². The molecule has 1 aromatic heterocycles. The van der Waals surface area contributed by atoms with Crippen LogP contribution in [-0.4, -0.2) is 58.7 Å². The van der Waals surface area contributed by atoms with Gasteiger partial charge in [0.1, 0.15) is 12.2 Å². The van der Waals surface area contributed by atoms with Crippen LogP contribution in [-0.2, 0) is 18.3 Å². The first kappa shape index (κ1) is 24.6. The minimum Gasteiger partial charge on any atom is -0.466 e. The summed E-state index contributed by atoms with van der Waals surface area (Å²) < 4.78 is 26.1. The Bertz CT molecular complexity index is 800. The molecule has 0 amide bonds. The molecule has 0 unspecified atom stereocenters. The van der Waals surface area contributed by atoms with Crippen molar-refractivity contribution in [2.24, 2.45) is 4.99 Å². The molecular weight excluding hydrogens is 424 g/mol. The highest BCUT2D eigenvalue weighted by molar-refractivity contribution is 6.74. The maximum absolute atomic E-state index is 6.86. The van der Waals surface area contributed by atoms with Crippen LogP contribution in [0, 0.1) is 0 Å². The Balaban J connectivity index is 1.82. The molecule has 4 atom stereocenters. The van der Waals surface area contributed by atoms with Crippen molar-refractivity contribution in [1.29, 1.82) is 0 Å². The van der Waals surface area contributed by atoms with Gasteiger partial charge in [-0.3, -0.25) is 4.98 Å². The number of rotatable bonds is 6. The molecule has 1 aromatic rings. The Labute approximate surface area is 190 Å². The highest BCUT2D eigenvalue weighted by atomic mass is 28.4. The molecule has 6 nitrogen and oxygen atoms in total. The van der Waals surface area contributed by atoms with Crippen LogP contribution in [0.1, 0.15) is 47.1 Å². The van der Waals surface area contributed by atoms with Crippen molar-refractivity contribution < 1.29 is 18.3 Å². The zero-order valence-electron chi connectivity index (χ0n) is 20.9. The second-order valence-corrected chi connectivity index (χ2v) is 21.3. The maximum atomic E-state index is 6.86. The number of fused-ring (bicyclic) bond motifs is 1. The summed E-state index contributed by atoms with van der Waals surface area (Å²) in [7, 11) is -3.96.